The molecule has 0 aromatic heterocycles. The van der Waals surface area contributed by atoms with Gasteiger partial charge in [-0.2, -0.15) is 0 Å². The first-order valence-corrected chi connectivity index (χ1v) is 10.5. The first-order valence-electron chi connectivity index (χ1n) is 10.5. The topological polar surface area (TPSA) is 17.1 Å². The van der Waals surface area contributed by atoms with E-state index in [-0.39, 0.29) is 17.0 Å². The number of unbranched alkanes of at least 4 members (excludes halogenated alkanes) is 3. The van der Waals surface area contributed by atoms with E-state index in [4.69, 9.17) is 0 Å². The lowest BCUT2D eigenvalue weighted by Gasteiger charge is -2.38. The van der Waals surface area contributed by atoms with Crippen LogP contribution < -0.4 is 17.0 Å². The average Bonchev–Trinajstić information content (AvgIpc) is 2.68. The Balaban J connectivity index is 0.00000364. The fourth-order valence-electron chi connectivity index (χ4n) is 3.81. The van der Waals surface area contributed by atoms with Crippen molar-refractivity contribution in [1.82, 2.24) is 0 Å². The predicted octanol–water partition coefficient (Wildman–Crippen LogP) is 3.24. The zero-order valence-electron chi connectivity index (χ0n) is 17.3. The van der Waals surface area contributed by atoms with Crippen molar-refractivity contribution in [2.45, 2.75) is 59.3 Å². The molecule has 0 amide bonds. The van der Waals surface area contributed by atoms with Crippen LogP contribution in [-0.2, 0) is 0 Å². The normalized spacial score (nSPS) is 11.4. The highest BCUT2D eigenvalue weighted by molar-refractivity contribution is 6.00. The lowest BCUT2D eigenvalue weighted by Crippen LogP contribution is -3.00. The zero-order valence-corrected chi connectivity index (χ0v) is 18.9. The molecule has 0 aliphatic rings. The molecule has 0 spiro atoms. The minimum absolute atomic E-state index is 0. The average molecular weight is 434 g/mol. The first-order chi connectivity index (χ1) is 12.6. The van der Waals surface area contributed by atoms with Crippen LogP contribution in [0.4, 0.5) is 0 Å². The summed E-state index contributed by atoms with van der Waals surface area (Å²) in [5.41, 5.74) is 0.871. The molecule has 0 radical (unpaired) electrons. The maximum atomic E-state index is 13.2. The van der Waals surface area contributed by atoms with Crippen molar-refractivity contribution in [3.05, 3.63) is 48.0 Å². The summed E-state index contributed by atoms with van der Waals surface area (Å²) in [4.78, 5) is 13.2. The van der Waals surface area contributed by atoms with Gasteiger partial charge in [-0.15, -0.1) is 0 Å². The molecule has 0 saturated carbocycles. The smallest absolute Gasteiger partial charge is 0.216 e. The predicted molar refractivity (Wildman–Crippen MR) is 113 cm³/mol. The monoisotopic (exact) mass is 433 g/mol. The number of benzene rings is 2. The molecule has 0 aliphatic heterocycles. The number of fused-ring (bicyclic) bond motifs is 1. The summed E-state index contributed by atoms with van der Waals surface area (Å²) in [6.45, 7) is 10.8. The van der Waals surface area contributed by atoms with Crippen molar-refractivity contribution in [1.29, 1.82) is 0 Å². The summed E-state index contributed by atoms with van der Waals surface area (Å²) in [5, 5.41) is 2.36. The summed E-state index contributed by atoms with van der Waals surface area (Å²) < 4.78 is 0.973. The van der Waals surface area contributed by atoms with Crippen LogP contribution in [0.5, 0.6) is 0 Å². The number of hydrogen-bond acceptors (Lipinski definition) is 1. The molecule has 0 N–H and O–H groups in total. The molecule has 0 aliphatic carbocycles. The van der Waals surface area contributed by atoms with Crippen molar-refractivity contribution >= 4 is 16.6 Å². The lowest BCUT2D eigenvalue weighted by atomic mass is 10.0. The summed E-state index contributed by atoms with van der Waals surface area (Å²) in [5.74, 6) is 0.305. The van der Waals surface area contributed by atoms with Crippen LogP contribution >= 0.6 is 0 Å². The van der Waals surface area contributed by atoms with Crippen molar-refractivity contribution < 1.29 is 26.3 Å². The van der Waals surface area contributed by atoms with E-state index in [9.17, 15) is 4.79 Å². The third-order valence-corrected chi connectivity index (χ3v) is 5.51. The van der Waals surface area contributed by atoms with Gasteiger partial charge in [0.25, 0.3) is 0 Å². The quantitative estimate of drug-likeness (QED) is 0.370. The van der Waals surface area contributed by atoms with E-state index in [1.807, 2.05) is 18.2 Å². The Bertz CT molecular complexity index is 676. The Morgan fingerprint density at radius 1 is 0.778 bits per heavy atom. The Morgan fingerprint density at radius 3 is 1.81 bits per heavy atom. The van der Waals surface area contributed by atoms with Crippen LogP contribution in [0.3, 0.4) is 0 Å². The molecule has 3 heteroatoms. The van der Waals surface area contributed by atoms with E-state index in [0.29, 0.717) is 12.3 Å². The second-order valence-corrected chi connectivity index (χ2v) is 7.72. The molecule has 0 heterocycles. The summed E-state index contributed by atoms with van der Waals surface area (Å²) in [7, 11) is 0. The van der Waals surface area contributed by atoms with Crippen molar-refractivity contribution in [3.63, 3.8) is 0 Å². The molecule has 0 saturated heterocycles. The summed E-state index contributed by atoms with van der Waals surface area (Å²) in [6.07, 6.45) is 7.21. The van der Waals surface area contributed by atoms with Gasteiger partial charge in [0.15, 0.2) is 0 Å². The minimum Gasteiger partial charge on any atom is -1.00 e. The van der Waals surface area contributed by atoms with E-state index in [1.54, 1.807) is 0 Å². The number of carbonyl (C=O) groups excluding carboxylic acids is 1. The van der Waals surface area contributed by atoms with E-state index in [0.717, 1.165) is 35.1 Å². The van der Waals surface area contributed by atoms with Gasteiger partial charge in [0.05, 0.1) is 19.6 Å². The molecule has 0 unspecified atom stereocenters. The zero-order chi connectivity index (χ0) is 18.8. The van der Waals surface area contributed by atoms with Gasteiger partial charge in [-0.3, -0.25) is 4.79 Å². The van der Waals surface area contributed by atoms with E-state index >= 15 is 0 Å². The van der Waals surface area contributed by atoms with Crippen LogP contribution in [0.25, 0.3) is 10.8 Å². The van der Waals surface area contributed by atoms with E-state index in [1.165, 1.54) is 43.9 Å². The molecule has 2 nitrogen and oxygen atoms in total. The van der Waals surface area contributed by atoms with Crippen LogP contribution in [0.15, 0.2) is 42.5 Å². The van der Waals surface area contributed by atoms with Gasteiger partial charge in [-0.25, -0.2) is 0 Å². The van der Waals surface area contributed by atoms with Crippen LogP contribution in [0, 0.1) is 0 Å². The molecule has 2 aromatic rings. The highest BCUT2D eigenvalue weighted by atomic mass is 79.9. The molecule has 2 rings (SSSR count). The number of Topliss-reactive ketones (excluding diaryl/α,β-unsaturated/α-hetero) is 1. The number of nitrogens with zero attached hydrogens (tertiary/aromatic N) is 1. The largest absolute Gasteiger partial charge is 1.00 e. The van der Waals surface area contributed by atoms with E-state index in [2.05, 4.69) is 45.0 Å². The molecular weight excluding hydrogens is 398 g/mol. The fraction of sp³-hybridized carbons (Fsp3) is 0.542. The second-order valence-electron chi connectivity index (χ2n) is 7.72. The highest BCUT2D eigenvalue weighted by Gasteiger charge is 2.29. The van der Waals surface area contributed by atoms with Crippen molar-refractivity contribution in [2.75, 3.05) is 26.2 Å². The Labute approximate surface area is 176 Å². The number of carbonyl (C=O) groups is 1. The van der Waals surface area contributed by atoms with Crippen molar-refractivity contribution in [2.24, 2.45) is 0 Å². The number of hydrogen-bond donors (Lipinski definition) is 0. The maximum absolute atomic E-state index is 13.2. The molecule has 0 bridgehead atoms. The van der Waals surface area contributed by atoms with Gasteiger partial charge >= 0.3 is 0 Å². The van der Waals surface area contributed by atoms with Gasteiger partial charge < -0.3 is 21.5 Å². The van der Waals surface area contributed by atoms with Crippen molar-refractivity contribution in [3.8, 4) is 0 Å². The Hall–Kier alpha value is -1.19. The molecule has 2 aromatic carbocycles. The number of ketones is 1. The number of halogens is 1. The van der Waals surface area contributed by atoms with Gasteiger partial charge in [-0.05, 0) is 36.1 Å². The van der Waals surface area contributed by atoms with Gasteiger partial charge in [0, 0.05) is 5.56 Å². The number of quaternary nitrogens is 1. The Kier molecular flexibility index (Phi) is 10.9. The number of rotatable bonds is 12. The highest BCUT2D eigenvalue weighted by Crippen LogP contribution is 2.20. The maximum Gasteiger partial charge on any atom is 0.216 e. The third-order valence-electron chi connectivity index (χ3n) is 5.51. The third kappa shape index (κ3) is 7.04. The van der Waals surface area contributed by atoms with Crippen LogP contribution in [-0.4, -0.2) is 36.4 Å². The lowest BCUT2D eigenvalue weighted by molar-refractivity contribution is -0.921. The van der Waals surface area contributed by atoms with Gasteiger partial charge in [0.2, 0.25) is 5.78 Å². The van der Waals surface area contributed by atoms with E-state index < -0.39 is 0 Å². The molecule has 150 valence electrons. The summed E-state index contributed by atoms with van der Waals surface area (Å²) in [6, 6.07) is 14.5. The van der Waals surface area contributed by atoms with Gasteiger partial charge in [-0.1, -0.05) is 76.4 Å². The van der Waals surface area contributed by atoms with Crippen LogP contribution in [0.2, 0.25) is 0 Å². The van der Waals surface area contributed by atoms with Crippen LogP contribution in [0.1, 0.15) is 69.7 Å². The standard InChI is InChI=1S/C24H36NO.BrH/c1-4-7-16-25(17-8-5-2,18-9-6-3)20-24(26)23-15-14-21-12-10-11-13-22(21)19-23;/h10-15,19H,4-9,16-18,20H2,1-3H3;1H/q+1;/p-1. The van der Waals surface area contributed by atoms with Gasteiger partial charge in [0.1, 0.15) is 6.54 Å². The molecular formula is C24H36BrNO. The fourth-order valence-corrected chi connectivity index (χ4v) is 3.81. The summed E-state index contributed by atoms with van der Waals surface area (Å²) >= 11 is 0. The molecule has 0 atom stereocenters. The molecule has 27 heavy (non-hydrogen) atoms. The Morgan fingerprint density at radius 2 is 1.30 bits per heavy atom. The molecule has 0 fully saturated rings. The SMILES string of the molecule is CCCC[N+](CCCC)(CCCC)CC(=O)c1ccc2ccccc2c1.[Br-]. The second kappa shape index (κ2) is 12.3. The minimum atomic E-state index is 0. The first kappa shape index (κ1) is 23.8.